The molecule has 0 saturated carbocycles. The number of nitrogens with one attached hydrogen (secondary N) is 2. The lowest BCUT2D eigenvalue weighted by Gasteiger charge is -2.07. The number of hydrogen-bond acceptors (Lipinski definition) is 3. The summed E-state index contributed by atoms with van der Waals surface area (Å²) >= 11 is 0. The molecule has 5 heteroatoms. The molecule has 0 radical (unpaired) electrons. The van der Waals surface area contributed by atoms with Crippen molar-refractivity contribution in [3.8, 4) is 0 Å². The van der Waals surface area contributed by atoms with E-state index in [0.29, 0.717) is 18.7 Å². The van der Waals surface area contributed by atoms with Gasteiger partial charge >= 0.3 is 0 Å². The summed E-state index contributed by atoms with van der Waals surface area (Å²) in [5, 5.41) is 6.29. The lowest BCUT2D eigenvalue weighted by Crippen LogP contribution is -2.24. The summed E-state index contributed by atoms with van der Waals surface area (Å²) in [6.07, 6.45) is 0.931. The van der Waals surface area contributed by atoms with Gasteiger partial charge in [0.1, 0.15) is 11.6 Å². The molecule has 0 bridgehead atoms. The topological polar surface area (TPSA) is 33.3 Å². The predicted octanol–water partition coefficient (Wildman–Crippen LogP) is 1.68. The van der Waals surface area contributed by atoms with Crippen molar-refractivity contribution in [3.05, 3.63) is 35.4 Å². The standard InChI is InChI=1S/C13H20F2N2O/c1-18-8-7-16-5-2-6-17-10-11-9-12(14)3-4-13(11)15/h3-4,9,16-17H,2,5-8,10H2,1H3. The maximum Gasteiger partial charge on any atom is 0.127 e. The minimum atomic E-state index is -0.408. The van der Waals surface area contributed by atoms with Crippen molar-refractivity contribution in [1.82, 2.24) is 10.6 Å². The predicted molar refractivity (Wildman–Crippen MR) is 67.4 cm³/mol. The fourth-order valence-corrected chi connectivity index (χ4v) is 1.54. The van der Waals surface area contributed by atoms with Crippen molar-refractivity contribution in [2.75, 3.05) is 33.4 Å². The number of hydrogen-bond donors (Lipinski definition) is 2. The Bertz CT molecular complexity index is 348. The second-order valence-corrected chi connectivity index (χ2v) is 4.01. The summed E-state index contributed by atoms with van der Waals surface area (Å²) in [5.74, 6) is -0.781. The first-order chi connectivity index (χ1) is 8.74. The Morgan fingerprint density at radius 2 is 1.89 bits per heavy atom. The molecule has 0 atom stereocenters. The molecule has 0 amide bonds. The molecule has 1 rings (SSSR count). The Morgan fingerprint density at radius 3 is 2.67 bits per heavy atom. The summed E-state index contributed by atoms with van der Waals surface area (Å²) in [5.41, 5.74) is 0.363. The van der Waals surface area contributed by atoms with Gasteiger partial charge in [-0.05, 0) is 37.7 Å². The third-order valence-corrected chi connectivity index (χ3v) is 2.51. The van der Waals surface area contributed by atoms with Gasteiger partial charge in [0.2, 0.25) is 0 Å². The van der Waals surface area contributed by atoms with Crippen LogP contribution < -0.4 is 10.6 Å². The van der Waals surface area contributed by atoms with Crippen molar-refractivity contribution < 1.29 is 13.5 Å². The summed E-state index contributed by atoms with van der Waals surface area (Å²) in [7, 11) is 1.66. The van der Waals surface area contributed by atoms with Gasteiger partial charge in [-0.25, -0.2) is 8.78 Å². The lowest BCUT2D eigenvalue weighted by atomic mass is 10.2. The second-order valence-electron chi connectivity index (χ2n) is 4.01. The van der Waals surface area contributed by atoms with E-state index in [9.17, 15) is 8.78 Å². The van der Waals surface area contributed by atoms with E-state index in [1.165, 1.54) is 6.07 Å². The van der Waals surface area contributed by atoms with Gasteiger partial charge in [-0.1, -0.05) is 0 Å². The van der Waals surface area contributed by atoms with Crippen molar-refractivity contribution >= 4 is 0 Å². The smallest absolute Gasteiger partial charge is 0.127 e. The first-order valence-corrected chi connectivity index (χ1v) is 6.08. The maximum absolute atomic E-state index is 13.3. The fourth-order valence-electron chi connectivity index (χ4n) is 1.54. The van der Waals surface area contributed by atoms with E-state index in [1.54, 1.807) is 7.11 Å². The molecule has 0 spiro atoms. The van der Waals surface area contributed by atoms with E-state index in [-0.39, 0.29) is 5.82 Å². The van der Waals surface area contributed by atoms with Crippen LogP contribution in [0.5, 0.6) is 0 Å². The highest BCUT2D eigenvalue weighted by Gasteiger charge is 2.02. The Morgan fingerprint density at radius 1 is 1.11 bits per heavy atom. The van der Waals surface area contributed by atoms with Crippen LogP contribution in [0.15, 0.2) is 18.2 Å². The Hall–Kier alpha value is -1.04. The van der Waals surface area contributed by atoms with Crippen molar-refractivity contribution in [1.29, 1.82) is 0 Å². The van der Waals surface area contributed by atoms with Crippen LogP contribution in [0.1, 0.15) is 12.0 Å². The van der Waals surface area contributed by atoms with E-state index in [4.69, 9.17) is 4.74 Å². The van der Waals surface area contributed by atoms with Crippen LogP contribution in [0.2, 0.25) is 0 Å². The van der Waals surface area contributed by atoms with E-state index in [1.807, 2.05) is 0 Å². The van der Waals surface area contributed by atoms with Gasteiger partial charge in [0, 0.05) is 25.8 Å². The quantitative estimate of drug-likeness (QED) is 0.661. The van der Waals surface area contributed by atoms with Gasteiger partial charge in [0.25, 0.3) is 0 Å². The Balaban J connectivity index is 2.09. The first kappa shape index (κ1) is 15.0. The average molecular weight is 258 g/mol. The van der Waals surface area contributed by atoms with Gasteiger partial charge in [-0.15, -0.1) is 0 Å². The molecule has 3 nitrogen and oxygen atoms in total. The van der Waals surface area contributed by atoms with Gasteiger partial charge in [-0.2, -0.15) is 0 Å². The molecule has 0 heterocycles. The summed E-state index contributed by atoms with van der Waals surface area (Å²) in [4.78, 5) is 0. The zero-order valence-corrected chi connectivity index (χ0v) is 10.6. The minimum absolute atomic E-state index is 0.349. The molecule has 102 valence electrons. The first-order valence-electron chi connectivity index (χ1n) is 6.08. The Labute approximate surface area is 107 Å². The second kappa shape index (κ2) is 8.97. The number of ether oxygens (including phenoxy) is 1. The molecular weight excluding hydrogens is 238 g/mol. The third-order valence-electron chi connectivity index (χ3n) is 2.51. The van der Waals surface area contributed by atoms with Crippen molar-refractivity contribution in [2.24, 2.45) is 0 Å². The van der Waals surface area contributed by atoms with Crippen LogP contribution in [0, 0.1) is 11.6 Å². The summed E-state index contributed by atoms with van der Waals surface area (Å²) in [6, 6.07) is 3.50. The summed E-state index contributed by atoms with van der Waals surface area (Å²) in [6.45, 7) is 3.51. The van der Waals surface area contributed by atoms with Gasteiger partial charge < -0.3 is 15.4 Å². The fraction of sp³-hybridized carbons (Fsp3) is 0.538. The van der Waals surface area contributed by atoms with Crippen LogP contribution >= 0.6 is 0 Å². The van der Waals surface area contributed by atoms with Crippen LogP contribution in [0.3, 0.4) is 0 Å². The highest BCUT2D eigenvalue weighted by molar-refractivity contribution is 5.18. The Kier molecular flexibility index (Phi) is 7.48. The number of halogens is 2. The highest BCUT2D eigenvalue weighted by Crippen LogP contribution is 2.08. The molecule has 0 aliphatic carbocycles. The van der Waals surface area contributed by atoms with Crippen molar-refractivity contribution in [3.63, 3.8) is 0 Å². The van der Waals surface area contributed by atoms with Gasteiger partial charge in [-0.3, -0.25) is 0 Å². The highest BCUT2D eigenvalue weighted by atomic mass is 19.1. The monoisotopic (exact) mass is 258 g/mol. The zero-order chi connectivity index (χ0) is 13.2. The molecule has 0 saturated heterocycles. The molecule has 18 heavy (non-hydrogen) atoms. The van der Waals surface area contributed by atoms with E-state index in [2.05, 4.69) is 10.6 Å². The molecule has 0 unspecified atom stereocenters. The SMILES string of the molecule is COCCNCCCNCc1cc(F)ccc1F. The van der Waals surface area contributed by atoms with Crippen LogP contribution in [-0.2, 0) is 11.3 Å². The average Bonchev–Trinajstić information content (AvgIpc) is 2.36. The van der Waals surface area contributed by atoms with E-state index >= 15 is 0 Å². The van der Waals surface area contributed by atoms with E-state index < -0.39 is 5.82 Å². The molecule has 2 N–H and O–H groups in total. The van der Waals surface area contributed by atoms with Gasteiger partial charge in [0.05, 0.1) is 6.61 Å². The molecule has 1 aromatic rings. The van der Waals surface area contributed by atoms with E-state index in [0.717, 1.165) is 38.2 Å². The van der Waals surface area contributed by atoms with Crippen molar-refractivity contribution in [2.45, 2.75) is 13.0 Å². The molecule has 0 fully saturated rings. The van der Waals surface area contributed by atoms with Crippen LogP contribution in [0.4, 0.5) is 8.78 Å². The molecule has 0 aliphatic heterocycles. The largest absolute Gasteiger partial charge is 0.383 e. The van der Waals surface area contributed by atoms with Crippen LogP contribution in [0.25, 0.3) is 0 Å². The lowest BCUT2D eigenvalue weighted by molar-refractivity contribution is 0.199. The summed E-state index contributed by atoms with van der Waals surface area (Å²) < 4.78 is 31.0. The van der Waals surface area contributed by atoms with Crippen LogP contribution in [-0.4, -0.2) is 33.4 Å². The minimum Gasteiger partial charge on any atom is -0.383 e. The molecule has 0 aliphatic rings. The number of methoxy groups -OCH3 is 1. The number of benzene rings is 1. The molecule has 1 aromatic carbocycles. The molecular formula is C13H20F2N2O. The van der Waals surface area contributed by atoms with Gasteiger partial charge in [0.15, 0.2) is 0 Å². The zero-order valence-electron chi connectivity index (χ0n) is 10.6. The number of rotatable bonds is 9. The normalized spacial score (nSPS) is 10.8. The maximum atomic E-state index is 13.3. The molecule has 0 aromatic heterocycles. The third kappa shape index (κ3) is 6.05.